The van der Waals surface area contributed by atoms with Gasteiger partial charge in [0.2, 0.25) is 0 Å². The lowest BCUT2D eigenvalue weighted by Crippen LogP contribution is -2.37. The van der Waals surface area contributed by atoms with Gasteiger partial charge in [0.15, 0.2) is 11.4 Å². The van der Waals surface area contributed by atoms with Gasteiger partial charge in [-0.05, 0) is 6.92 Å². The molecule has 0 spiro atoms. The molecule has 82 valence electrons. The number of nitrogens with zero attached hydrogens (tertiary/aromatic N) is 2. The molecule has 1 aromatic heterocycles. The number of carbonyl (C=O) groups excluding carboxylic acids is 1. The van der Waals surface area contributed by atoms with Crippen LogP contribution < -0.4 is 4.90 Å². The van der Waals surface area contributed by atoms with Crippen LogP contribution in [0.15, 0.2) is 0 Å². The molecule has 0 amide bonds. The molecule has 1 aliphatic rings. The molecule has 0 bridgehead atoms. The van der Waals surface area contributed by atoms with E-state index < -0.39 is 10.8 Å². The summed E-state index contributed by atoms with van der Waals surface area (Å²) < 4.78 is 11.2. The van der Waals surface area contributed by atoms with Gasteiger partial charge in [0.25, 0.3) is 0 Å². The first-order valence-corrected chi connectivity index (χ1v) is 7.03. The zero-order valence-corrected chi connectivity index (χ0v) is 10.1. The molecule has 0 radical (unpaired) electrons. The second-order valence-electron chi connectivity index (χ2n) is 3.40. The number of thiazole rings is 1. The number of aryl methyl sites for hydroxylation is 1. The van der Waals surface area contributed by atoms with Gasteiger partial charge in [-0.1, -0.05) is 11.3 Å². The van der Waals surface area contributed by atoms with Gasteiger partial charge in [0.05, 0.1) is 10.6 Å². The van der Waals surface area contributed by atoms with E-state index in [0.29, 0.717) is 16.4 Å². The third-order valence-electron chi connectivity index (χ3n) is 2.38. The molecule has 1 fully saturated rings. The van der Waals surface area contributed by atoms with E-state index in [9.17, 15) is 9.00 Å². The number of aldehydes is 1. The summed E-state index contributed by atoms with van der Waals surface area (Å²) in [5.74, 6) is 1.41. The minimum absolute atomic E-state index is 0.669. The summed E-state index contributed by atoms with van der Waals surface area (Å²) in [5.41, 5.74) is 0.789. The fraction of sp³-hybridized carbons (Fsp3) is 0.556. The third-order valence-corrected chi connectivity index (χ3v) is 4.80. The second kappa shape index (κ2) is 4.40. The number of carbonyl (C=O) groups is 1. The minimum Gasteiger partial charge on any atom is -0.346 e. The van der Waals surface area contributed by atoms with Gasteiger partial charge in [-0.15, -0.1) is 0 Å². The quantitative estimate of drug-likeness (QED) is 0.723. The molecule has 1 saturated heterocycles. The van der Waals surface area contributed by atoms with Crippen LogP contribution in [0.3, 0.4) is 0 Å². The fourth-order valence-electron chi connectivity index (χ4n) is 1.47. The fourth-order valence-corrected chi connectivity index (χ4v) is 3.45. The van der Waals surface area contributed by atoms with Crippen molar-refractivity contribution in [1.82, 2.24) is 4.98 Å². The maximum absolute atomic E-state index is 11.2. The highest BCUT2D eigenvalue weighted by molar-refractivity contribution is 7.85. The van der Waals surface area contributed by atoms with Crippen molar-refractivity contribution >= 4 is 33.6 Å². The molecular formula is C9H12N2O2S2. The zero-order valence-electron chi connectivity index (χ0n) is 8.43. The Morgan fingerprint density at radius 1 is 1.47 bits per heavy atom. The van der Waals surface area contributed by atoms with Crippen molar-refractivity contribution in [2.75, 3.05) is 29.5 Å². The van der Waals surface area contributed by atoms with E-state index in [1.54, 1.807) is 0 Å². The van der Waals surface area contributed by atoms with Crippen LogP contribution >= 0.6 is 11.3 Å². The molecule has 0 atom stereocenters. The lowest BCUT2D eigenvalue weighted by Gasteiger charge is -2.25. The van der Waals surface area contributed by atoms with E-state index in [0.717, 1.165) is 30.2 Å². The third kappa shape index (κ3) is 2.26. The van der Waals surface area contributed by atoms with Crippen molar-refractivity contribution in [2.24, 2.45) is 0 Å². The van der Waals surface area contributed by atoms with Gasteiger partial charge in [0, 0.05) is 35.4 Å². The lowest BCUT2D eigenvalue weighted by atomic mass is 10.4. The Balaban J connectivity index is 2.15. The van der Waals surface area contributed by atoms with Gasteiger partial charge in [-0.2, -0.15) is 0 Å². The molecule has 0 aliphatic carbocycles. The lowest BCUT2D eigenvalue weighted by molar-refractivity contribution is 0.112. The van der Waals surface area contributed by atoms with Crippen molar-refractivity contribution in [2.45, 2.75) is 6.92 Å². The van der Waals surface area contributed by atoms with Crippen LogP contribution in [0.5, 0.6) is 0 Å². The molecule has 0 unspecified atom stereocenters. The predicted octanol–water partition coefficient (Wildman–Crippen LogP) is 0.833. The van der Waals surface area contributed by atoms with Crippen molar-refractivity contribution < 1.29 is 9.00 Å². The Morgan fingerprint density at radius 2 is 2.13 bits per heavy atom. The highest BCUT2D eigenvalue weighted by Gasteiger charge is 2.19. The van der Waals surface area contributed by atoms with E-state index in [1.807, 2.05) is 6.92 Å². The first-order valence-electron chi connectivity index (χ1n) is 4.73. The Bertz CT molecular complexity index is 393. The molecule has 0 aromatic carbocycles. The van der Waals surface area contributed by atoms with Gasteiger partial charge >= 0.3 is 0 Å². The van der Waals surface area contributed by atoms with E-state index in [4.69, 9.17) is 0 Å². The molecule has 6 heteroatoms. The summed E-state index contributed by atoms with van der Waals surface area (Å²) in [6, 6.07) is 0. The topological polar surface area (TPSA) is 50.3 Å². The SMILES string of the molecule is Cc1nc(N2CCS(=O)CC2)sc1C=O. The smallest absolute Gasteiger partial charge is 0.186 e. The average molecular weight is 244 g/mol. The van der Waals surface area contributed by atoms with Crippen LogP contribution in [0.1, 0.15) is 15.4 Å². The summed E-state index contributed by atoms with van der Waals surface area (Å²) in [5, 5.41) is 0.881. The normalized spacial score (nSPS) is 18.1. The molecule has 0 N–H and O–H groups in total. The summed E-state index contributed by atoms with van der Waals surface area (Å²) in [4.78, 5) is 17.8. The average Bonchev–Trinajstić information content (AvgIpc) is 2.61. The second-order valence-corrected chi connectivity index (χ2v) is 6.10. The molecule has 4 nitrogen and oxygen atoms in total. The number of aromatic nitrogens is 1. The molecule has 1 aromatic rings. The Kier molecular flexibility index (Phi) is 3.16. The van der Waals surface area contributed by atoms with Crippen molar-refractivity contribution in [3.8, 4) is 0 Å². The van der Waals surface area contributed by atoms with Gasteiger partial charge in [-0.3, -0.25) is 9.00 Å². The predicted molar refractivity (Wildman–Crippen MR) is 62.3 cm³/mol. The summed E-state index contributed by atoms with van der Waals surface area (Å²) >= 11 is 1.42. The van der Waals surface area contributed by atoms with Crippen LogP contribution in [-0.2, 0) is 10.8 Å². The van der Waals surface area contributed by atoms with Crippen LogP contribution in [0, 0.1) is 6.92 Å². The largest absolute Gasteiger partial charge is 0.346 e. The number of hydrogen-bond acceptors (Lipinski definition) is 5. The number of rotatable bonds is 2. The van der Waals surface area contributed by atoms with E-state index in [-0.39, 0.29) is 0 Å². The molecule has 1 aliphatic heterocycles. The maximum atomic E-state index is 11.2. The summed E-state index contributed by atoms with van der Waals surface area (Å²) in [6.07, 6.45) is 0.846. The number of hydrogen-bond donors (Lipinski definition) is 0. The van der Waals surface area contributed by atoms with E-state index in [2.05, 4.69) is 9.88 Å². The molecule has 15 heavy (non-hydrogen) atoms. The van der Waals surface area contributed by atoms with Gasteiger partial charge in [0.1, 0.15) is 0 Å². The Hall–Kier alpha value is -0.750. The first kappa shape index (κ1) is 10.8. The Labute approximate surface area is 94.8 Å². The van der Waals surface area contributed by atoms with Gasteiger partial charge < -0.3 is 4.90 Å². The molecule has 2 rings (SSSR count). The van der Waals surface area contributed by atoms with Crippen LogP contribution in [-0.4, -0.2) is 40.1 Å². The van der Waals surface area contributed by atoms with Crippen molar-refractivity contribution in [3.05, 3.63) is 10.6 Å². The highest BCUT2D eigenvalue weighted by atomic mass is 32.2. The van der Waals surface area contributed by atoms with Crippen LogP contribution in [0.2, 0.25) is 0 Å². The van der Waals surface area contributed by atoms with E-state index >= 15 is 0 Å². The van der Waals surface area contributed by atoms with Crippen LogP contribution in [0.25, 0.3) is 0 Å². The first-order chi connectivity index (χ1) is 7.20. The van der Waals surface area contributed by atoms with Gasteiger partial charge in [-0.25, -0.2) is 4.98 Å². The molecular weight excluding hydrogens is 232 g/mol. The molecule has 2 heterocycles. The van der Waals surface area contributed by atoms with Crippen LogP contribution in [0.4, 0.5) is 5.13 Å². The monoisotopic (exact) mass is 244 g/mol. The highest BCUT2D eigenvalue weighted by Crippen LogP contribution is 2.25. The van der Waals surface area contributed by atoms with Crippen molar-refractivity contribution in [3.63, 3.8) is 0 Å². The standard InChI is InChI=1S/C9H12N2O2S2/c1-7-8(6-12)14-9(10-7)11-2-4-15(13)5-3-11/h6H,2-5H2,1H3. The molecule has 0 saturated carbocycles. The van der Waals surface area contributed by atoms with Crippen molar-refractivity contribution in [1.29, 1.82) is 0 Å². The maximum Gasteiger partial charge on any atom is 0.186 e. The Morgan fingerprint density at radius 3 is 2.67 bits per heavy atom. The number of anilines is 1. The minimum atomic E-state index is -0.669. The zero-order chi connectivity index (χ0) is 10.8. The van der Waals surface area contributed by atoms with E-state index in [1.165, 1.54) is 11.3 Å². The summed E-state index contributed by atoms with van der Waals surface area (Å²) in [7, 11) is -0.669. The summed E-state index contributed by atoms with van der Waals surface area (Å²) in [6.45, 7) is 3.39.